The van der Waals surface area contributed by atoms with Gasteiger partial charge in [-0.25, -0.2) is 0 Å². The molecule has 0 radical (unpaired) electrons. The third-order valence-corrected chi connectivity index (χ3v) is 4.03. The van der Waals surface area contributed by atoms with Gasteiger partial charge in [0.05, 0.1) is 19.2 Å². The average molecular weight is 412 g/mol. The number of hydrogen-bond acceptors (Lipinski definition) is 4. The number of ether oxygens (including phenoxy) is 2. The molecule has 140 valence electrons. The van der Waals surface area contributed by atoms with E-state index in [1.54, 1.807) is 0 Å². The topological polar surface area (TPSA) is 33.7 Å². The van der Waals surface area contributed by atoms with Crippen molar-refractivity contribution in [1.82, 2.24) is 10.2 Å². The van der Waals surface area contributed by atoms with Crippen molar-refractivity contribution in [2.45, 2.75) is 12.2 Å². The van der Waals surface area contributed by atoms with Crippen LogP contribution in [0.5, 0.6) is 11.5 Å². The van der Waals surface area contributed by atoms with Crippen LogP contribution in [0.25, 0.3) is 0 Å². The van der Waals surface area contributed by atoms with Gasteiger partial charge in [0.1, 0.15) is 6.04 Å². The summed E-state index contributed by atoms with van der Waals surface area (Å²) >= 11 is 6.17. The van der Waals surface area contributed by atoms with Gasteiger partial charge in [-0.3, -0.25) is 4.90 Å². The lowest BCUT2D eigenvalue weighted by atomic mass is 10.0. The Balaban J connectivity index is 0.00000264. The Labute approximate surface area is 156 Å². The summed E-state index contributed by atoms with van der Waals surface area (Å²) in [6.07, 6.45) is -4.43. The van der Waals surface area contributed by atoms with Crippen LogP contribution in [0.1, 0.15) is 11.6 Å². The Morgan fingerprint density at radius 2 is 1.71 bits per heavy atom. The van der Waals surface area contributed by atoms with Crippen molar-refractivity contribution in [3.8, 4) is 11.5 Å². The summed E-state index contributed by atoms with van der Waals surface area (Å²) in [5, 5.41) is 2.97. The van der Waals surface area contributed by atoms with Gasteiger partial charge in [-0.2, -0.15) is 13.2 Å². The molecule has 0 amide bonds. The fourth-order valence-electron chi connectivity index (χ4n) is 2.64. The molecule has 1 atom stereocenters. The number of piperazine rings is 1. The van der Waals surface area contributed by atoms with Crippen LogP contribution < -0.4 is 14.8 Å². The van der Waals surface area contributed by atoms with Crippen LogP contribution in [0.3, 0.4) is 0 Å². The van der Waals surface area contributed by atoms with Crippen LogP contribution in [0.2, 0.25) is 5.02 Å². The average Bonchev–Trinajstić information content (AvgIpc) is 2.48. The minimum atomic E-state index is -4.43. The molecule has 1 saturated heterocycles. The summed E-state index contributed by atoms with van der Waals surface area (Å²) in [7, 11) is 2.76. The Morgan fingerprint density at radius 3 is 2.17 bits per heavy atom. The van der Waals surface area contributed by atoms with E-state index in [4.69, 9.17) is 21.1 Å². The second kappa shape index (κ2) is 9.77. The molecule has 0 saturated carbocycles. The number of halogens is 6. The highest BCUT2D eigenvalue weighted by Crippen LogP contribution is 2.46. The van der Waals surface area contributed by atoms with Crippen LogP contribution in [-0.4, -0.2) is 51.5 Å². The zero-order valence-corrected chi connectivity index (χ0v) is 15.5. The first-order chi connectivity index (χ1) is 10.4. The Morgan fingerprint density at radius 1 is 1.12 bits per heavy atom. The van der Waals surface area contributed by atoms with E-state index in [0.717, 1.165) is 0 Å². The highest BCUT2D eigenvalue weighted by Gasteiger charge is 2.46. The fraction of sp³-hybridized carbons (Fsp3) is 0.571. The first-order valence-electron chi connectivity index (χ1n) is 6.82. The number of nitrogens with one attached hydrogen (secondary N) is 1. The molecule has 1 aromatic rings. The molecule has 0 spiro atoms. The zero-order chi connectivity index (χ0) is 16.3. The highest BCUT2D eigenvalue weighted by molar-refractivity contribution is 6.33. The molecule has 0 bridgehead atoms. The minimum absolute atomic E-state index is 0. The van der Waals surface area contributed by atoms with Gasteiger partial charge in [0.2, 0.25) is 0 Å². The maximum absolute atomic E-state index is 13.6. The summed E-state index contributed by atoms with van der Waals surface area (Å²) in [6.45, 7) is 1.62. The molecule has 0 aromatic heterocycles. The largest absolute Gasteiger partial charge is 0.493 e. The Kier molecular flexibility index (Phi) is 9.53. The van der Waals surface area contributed by atoms with Gasteiger partial charge in [0.15, 0.2) is 11.5 Å². The van der Waals surface area contributed by atoms with Crippen molar-refractivity contribution in [2.75, 3.05) is 40.4 Å². The molecular weight excluding hydrogens is 392 g/mol. The van der Waals surface area contributed by atoms with Gasteiger partial charge in [0.25, 0.3) is 0 Å². The Hall–Kier alpha value is -0.600. The summed E-state index contributed by atoms with van der Waals surface area (Å²) in [4.78, 5) is 1.38. The lowest BCUT2D eigenvalue weighted by molar-refractivity contribution is -0.187. The van der Waals surface area contributed by atoms with Crippen molar-refractivity contribution in [3.05, 3.63) is 22.7 Å². The van der Waals surface area contributed by atoms with Gasteiger partial charge in [0, 0.05) is 31.7 Å². The Bertz CT molecular complexity index is 527. The molecule has 1 heterocycles. The molecule has 4 nitrogen and oxygen atoms in total. The summed E-state index contributed by atoms with van der Waals surface area (Å²) in [5.41, 5.74) is -0.0197. The van der Waals surface area contributed by atoms with Crippen LogP contribution in [0, 0.1) is 0 Å². The van der Waals surface area contributed by atoms with E-state index < -0.39 is 12.2 Å². The van der Waals surface area contributed by atoms with Crippen molar-refractivity contribution in [2.24, 2.45) is 0 Å². The number of benzene rings is 1. The third-order valence-electron chi connectivity index (χ3n) is 3.64. The van der Waals surface area contributed by atoms with Crippen molar-refractivity contribution in [1.29, 1.82) is 0 Å². The van der Waals surface area contributed by atoms with Crippen LogP contribution in [0.4, 0.5) is 13.2 Å². The number of hydrogen-bond donors (Lipinski definition) is 1. The molecule has 2 rings (SSSR count). The smallest absolute Gasteiger partial charge is 0.408 e. The molecule has 1 aliphatic rings. The standard InChI is InChI=1S/C14H18ClF3N2O2.2ClH/c1-21-10-4-3-9(11(15)12(10)22-2)13(14(16,17)18)20-7-5-19-6-8-20;;/h3-4,13,19H,5-8H2,1-2H3;2*1H/t13-;;/m1../s1. The quantitative estimate of drug-likeness (QED) is 0.819. The number of rotatable bonds is 4. The van der Waals surface area contributed by atoms with E-state index in [1.807, 2.05) is 0 Å². The van der Waals surface area contributed by atoms with Gasteiger partial charge in [-0.05, 0) is 6.07 Å². The van der Waals surface area contributed by atoms with Gasteiger partial charge >= 0.3 is 6.18 Å². The number of nitrogens with zero attached hydrogens (tertiary/aromatic N) is 1. The fourth-order valence-corrected chi connectivity index (χ4v) is 2.97. The van der Waals surface area contributed by atoms with Gasteiger partial charge < -0.3 is 14.8 Å². The van der Waals surface area contributed by atoms with Gasteiger partial charge in [-0.1, -0.05) is 17.7 Å². The first kappa shape index (κ1) is 23.4. The van der Waals surface area contributed by atoms with Crippen LogP contribution in [0.15, 0.2) is 12.1 Å². The molecule has 1 aromatic carbocycles. The predicted octanol–water partition coefficient (Wildman–Crippen LogP) is 3.71. The molecule has 24 heavy (non-hydrogen) atoms. The molecule has 10 heteroatoms. The van der Waals surface area contributed by atoms with E-state index in [1.165, 1.54) is 31.3 Å². The molecule has 1 fully saturated rings. The van der Waals surface area contributed by atoms with E-state index in [9.17, 15) is 13.2 Å². The van der Waals surface area contributed by atoms with Crippen LogP contribution >= 0.6 is 36.4 Å². The van der Waals surface area contributed by atoms with Crippen molar-refractivity contribution < 1.29 is 22.6 Å². The molecule has 0 aliphatic carbocycles. The van der Waals surface area contributed by atoms with Crippen molar-refractivity contribution >= 4 is 36.4 Å². The molecule has 1 aliphatic heterocycles. The normalized spacial score (nSPS) is 16.6. The van der Waals surface area contributed by atoms with Gasteiger partial charge in [-0.15, -0.1) is 24.8 Å². The number of methoxy groups -OCH3 is 2. The summed E-state index contributed by atoms with van der Waals surface area (Å²) < 4.78 is 51.0. The first-order valence-corrected chi connectivity index (χ1v) is 7.19. The van der Waals surface area contributed by atoms with E-state index in [-0.39, 0.29) is 41.1 Å². The lowest BCUT2D eigenvalue weighted by Crippen LogP contribution is -2.49. The van der Waals surface area contributed by atoms with Crippen LogP contribution in [-0.2, 0) is 0 Å². The molecule has 1 N–H and O–H groups in total. The molecule has 0 unspecified atom stereocenters. The molecular formula is C14H20Cl3F3N2O2. The van der Waals surface area contributed by atoms with E-state index in [2.05, 4.69) is 5.32 Å². The monoisotopic (exact) mass is 410 g/mol. The summed E-state index contributed by atoms with van der Waals surface area (Å²) in [6, 6.07) is 1.03. The lowest BCUT2D eigenvalue weighted by Gasteiger charge is -2.36. The zero-order valence-electron chi connectivity index (χ0n) is 13.2. The van der Waals surface area contributed by atoms with E-state index in [0.29, 0.717) is 31.9 Å². The number of alkyl halides is 3. The maximum atomic E-state index is 13.6. The summed E-state index contributed by atoms with van der Waals surface area (Å²) in [5.74, 6) is 0.420. The predicted molar refractivity (Wildman–Crippen MR) is 92.3 cm³/mol. The van der Waals surface area contributed by atoms with Crippen molar-refractivity contribution in [3.63, 3.8) is 0 Å². The second-order valence-electron chi connectivity index (χ2n) is 4.93. The SMILES string of the molecule is COc1ccc([C@@H](N2CCNCC2)C(F)(F)F)c(Cl)c1OC.Cl.Cl. The van der Waals surface area contributed by atoms with E-state index >= 15 is 0 Å². The second-order valence-corrected chi connectivity index (χ2v) is 5.31. The minimum Gasteiger partial charge on any atom is -0.493 e. The highest BCUT2D eigenvalue weighted by atomic mass is 35.5. The maximum Gasteiger partial charge on any atom is 0.408 e. The third kappa shape index (κ3) is 4.95.